The van der Waals surface area contributed by atoms with Crippen LogP contribution in [0.1, 0.15) is 39.0 Å². The van der Waals surface area contributed by atoms with Gasteiger partial charge in [-0.2, -0.15) is 0 Å². The number of rotatable bonds is 10. The van der Waals surface area contributed by atoms with Crippen molar-refractivity contribution >= 4 is 29.1 Å². The first kappa shape index (κ1) is 32.1. The molecule has 2 atom stereocenters. The van der Waals surface area contributed by atoms with E-state index in [0.29, 0.717) is 46.6 Å². The number of hydrogen-bond donors (Lipinski definition) is 3. The van der Waals surface area contributed by atoms with Crippen molar-refractivity contribution < 1.29 is 34.4 Å². The van der Waals surface area contributed by atoms with E-state index >= 15 is 0 Å². The molecule has 0 aliphatic carbocycles. The molecule has 1 aliphatic heterocycles. The molecule has 2 heterocycles. The summed E-state index contributed by atoms with van der Waals surface area (Å²) in [5.41, 5.74) is 4.31. The molecule has 3 aromatic carbocycles. The third kappa shape index (κ3) is 6.41. The molecule has 2 amide bonds. The van der Waals surface area contributed by atoms with Gasteiger partial charge < -0.3 is 39.2 Å². The van der Waals surface area contributed by atoms with E-state index in [0.717, 1.165) is 16.8 Å². The lowest BCUT2D eigenvalue weighted by Crippen LogP contribution is -2.42. The lowest BCUT2D eigenvalue weighted by atomic mass is 10.0. The van der Waals surface area contributed by atoms with Crippen LogP contribution in [0.2, 0.25) is 5.02 Å². The number of aliphatic hydroxyl groups is 3. The standard InChI is InChI=1S/C34H36ClN3O7/c1-4-45-31-12-8-6-10-23(31)24-16-32(44-3)25(15-26(24)35)33(42)38-18-22-13-14-28(34(43)36(2)19-29(40)30(41)20-39)37(22)17-21-9-5-7-11-27(21)38/h5-16,29-30,39-41H,4,17-20H2,1-3H3. The number of carbonyl (C=O) groups is 2. The first-order chi connectivity index (χ1) is 21.7. The molecule has 3 N–H and O–H groups in total. The number of para-hydroxylation sites is 2. The molecule has 0 saturated heterocycles. The van der Waals surface area contributed by atoms with Crippen LogP contribution in [0.3, 0.4) is 0 Å². The molecule has 0 radical (unpaired) electrons. The molecule has 1 aromatic heterocycles. The Labute approximate surface area is 266 Å². The Morgan fingerprint density at radius 3 is 2.42 bits per heavy atom. The van der Waals surface area contributed by atoms with Crippen molar-refractivity contribution in [3.05, 3.63) is 100 Å². The third-order valence-electron chi connectivity index (χ3n) is 7.90. The summed E-state index contributed by atoms with van der Waals surface area (Å²) < 4.78 is 13.4. The van der Waals surface area contributed by atoms with Crippen molar-refractivity contribution in [2.24, 2.45) is 0 Å². The van der Waals surface area contributed by atoms with Crippen molar-refractivity contribution in [3.63, 3.8) is 0 Å². The van der Waals surface area contributed by atoms with Crippen molar-refractivity contribution in [3.8, 4) is 22.6 Å². The fourth-order valence-corrected chi connectivity index (χ4v) is 5.81. The largest absolute Gasteiger partial charge is 0.496 e. The second kappa shape index (κ2) is 13.7. The van der Waals surface area contributed by atoms with E-state index < -0.39 is 18.8 Å². The summed E-state index contributed by atoms with van der Waals surface area (Å²) in [4.78, 5) is 30.7. The SMILES string of the molecule is CCOc1ccccc1-c1cc(OC)c(C(=O)N2Cc3ccc(C(=O)N(C)CC(O)C(O)CO)n3Cc3ccccc32)cc1Cl. The van der Waals surface area contributed by atoms with E-state index in [2.05, 4.69) is 0 Å². The Morgan fingerprint density at radius 2 is 1.69 bits per heavy atom. The van der Waals surface area contributed by atoms with Gasteiger partial charge in [0.05, 0.1) is 45.1 Å². The Kier molecular flexibility index (Phi) is 9.79. The predicted molar refractivity (Wildman–Crippen MR) is 171 cm³/mol. The molecule has 0 bridgehead atoms. The molecule has 236 valence electrons. The van der Waals surface area contributed by atoms with E-state index in [1.807, 2.05) is 60.0 Å². The molecule has 45 heavy (non-hydrogen) atoms. The highest BCUT2D eigenvalue weighted by Crippen LogP contribution is 2.40. The number of nitrogens with zero attached hydrogens (tertiary/aromatic N) is 3. The highest BCUT2D eigenvalue weighted by Gasteiger charge is 2.31. The highest BCUT2D eigenvalue weighted by atomic mass is 35.5. The Bertz CT molecular complexity index is 1710. The monoisotopic (exact) mass is 633 g/mol. The molecular formula is C34H36ClN3O7. The summed E-state index contributed by atoms with van der Waals surface area (Å²) >= 11 is 6.82. The van der Waals surface area contributed by atoms with E-state index in [-0.39, 0.29) is 30.5 Å². The van der Waals surface area contributed by atoms with Gasteiger partial charge in [0, 0.05) is 41.1 Å². The summed E-state index contributed by atoms with van der Waals surface area (Å²) in [6.07, 6.45) is -2.67. The second-order valence-corrected chi connectivity index (χ2v) is 11.2. The van der Waals surface area contributed by atoms with Crippen LogP contribution >= 0.6 is 11.6 Å². The first-order valence-corrected chi connectivity index (χ1v) is 15.0. The van der Waals surface area contributed by atoms with Crippen LogP contribution < -0.4 is 14.4 Å². The number of likely N-dealkylation sites (N-methyl/N-ethyl adjacent to an activating group) is 1. The van der Waals surface area contributed by atoms with Gasteiger partial charge >= 0.3 is 0 Å². The number of amides is 2. The lowest BCUT2D eigenvalue weighted by molar-refractivity contribution is -0.0244. The van der Waals surface area contributed by atoms with Crippen LogP contribution in [-0.4, -0.2) is 82.7 Å². The maximum atomic E-state index is 14.3. The smallest absolute Gasteiger partial charge is 0.270 e. The van der Waals surface area contributed by atoms with Crippen molar-refractivity contribution in [2.45, 2.75) is 32.2 Å². The number of methoxy groups -OCH3 is 1. The zero-order valence-electron chi connectivity index (χ0n) is 25.3. The van der Waals surface area contributed by atoms with Crippen LogP contribution in [0.25, 0.3) is 11.1 Å². The fourth-order valence-electron chi connectivity index (χ4n) is 5.54. The van der Waals surface area contributed by atoms with E-state index in [1.54, 1.807) is 29.2 Å². The van der Waals surface area contributed by atoms with Crippen LogP contribution in [0.5, 0.6) is 11.5 Å². The van der Waals surface area contributed by atoms with E-state index in [1.165, 1.54) is 19.1 Å². The molecular weight excluding hydrogens is 598 g/mol. The molecule has 5 rings (SSSR count). The number of anilines is 1. The Morgan fingerprint density at radius 1 is 0.956 bits per heavy atom. The molecule has 0 spiro atoms. The summed E-state index contributed by atoms with van der Waals surface area (Å²) in [5.74, 6) is 0.315. The number of carbonyl (C=O) groups excluding carboxylic acids is 2. The maximum Gasteiger partial charge on any atom is 0.270 e. The van der Waals surface area contributed by atoms with Crippen LogP contribution in [0.15, 0.2) is 72.8 Å². The van der Waals surface area contributed by atoms with Gasteiger partial charge in [0.15, 0.2) is 0 Å². The van der Waals surface area contributed by atoms with Gasteiger partial charge in [-0.3, -0.25) is 9.59 Å². The predicted octanol–water partition coefficient (Wildman–Crippen LogP) is 4.21. The molecule has 0 saturated carbocycles. The highest BCUT2D eigenvalue weighted by molar-refractivity contribution is 6.34. The third-order valence-corrected chi connectivity index (χ3v) is 8.21. The quantitative estimate of drug-likeness (QED) is 0.239. The number of halogens is 1. The van der Waals surface area contributed by atoms with Gasteiger partial charge in [-0.1, -0.05) is 48.0 Å². The minimum absolute atomic E-state index is 0.161. The van der Waals surface area contributed by atoms with Gasteiger partial charge in [0.25, 0.3) is 11.8 Å². The van der Waals surface area contributed by atoms with Gasteiger partial charge in [-0.15, -0.1) is 0 Å². The van der Waals surface area contributed by atoms with Crippen LogP contribution in [0.4, 0.5) is 5.69 Å². The van der Waals surface area contributed by atoms with Crippen LogP contribution in [-0.2, 0) is 13.1 Å². The molecule has 0 fully saturated rings. The minimum atomic E-state index is -1.37. The first-order valence-electron chi connectivity index (χ1n) is 14.6. The van der Waals surface area contributed by atoms with Gasteiger partial charge in [-0.05, 0) is 48.9 Å². The van der Waals surface area contributed by atoms with E-state index in [4.69, 9.17) is 26.2 Å². The van der Waals surface area contributed by atoms with Crippen molar-refractivity contribution in [1.82, 2.24) is 9.47 Å². The Hall–Kier alpha value is -4.35. The van der Waals surface area contributed by atoms with Crippen molar-refractivity contribution in [1.29, 1.82) is 0 Å². The zero-order valence-corrected chi connectivity index (χ0v) is 26.1. The Balaban J connectivity index is 1.51. The number of fused-ring (bicyclic) bond motifs is 2. The fraction of sp³-hybridized carbons (Fsp3) is 0.294. The summed E-state index contributed by atoms with van der Waals surface area (Å²) in [6.45, 7) is 2.08. The topological polar surface area (TPSA) is 125 Å². The normalized spacial score (nSPS) is 13.7. The number of aliphatic hydroxyl groups excluding tert-OH is 3. The summed E-state index contributed by atoms with van der Waals surface area (Å²) in [5, 5.41) is 29.4. The van der Waals surface area contributed by atoms with Gasteiger partial charge in [-0.25, -0.2) is 0 Å². The average molecular weight is 634 g/mol. The van der Waals surface area contributed by atoms with E-state index in [9.17, 15) is 19.8 Å². The molecule has 4 aromatic rings. The number of ether oxygens (including phenoxy) is 2. The molecule has 10 nitrogen and oxygen atoms in total. The molecule has 11 heteroatoms. The number of hydrogen-bond acceptors (Lipinski definition) is 7. The summed E-state index contributed by atoms with van der Waals surface area (Å²) in [6, 6.07) is 21.9. The van der Waals surface area contributed by atoms with Gasteiger partial charge in [0.2, 0.25) is 0 Å². The number of aromatic nitrogens is 1. The van der Waals surface area contributed by atoms with Crippen molar-refractivity contribution in [2.75, 3.05) is 38.8 Å². The maximum absolute atomic E-state index is 14.3. The molecule has 1 aliphatic rings. The zero-order chi connectivity index (χ0) is 32.2. The molecule has 2 unspecified atom stereocenters. The summed E-state index contributed by atoms with van der Waals surface area (Å²) in [7, 11) is 3.02. The van der Waals surface area contributed by atoms with Gasteiger partial charge in [0.1, 0.15) is 23.3 Å². The minimum Gasteiger partial charge on any atom is -0.496 e. The second-order valence-electron chi connectivity index (χ2n) is 10.8. The lowest BCUT2D eigenvalue weighted by Gasteiger charge is -2.24. The number of benzene rings is 3. The average Bonchev–Trinajstić information content (AvgIpc) is 3.36. The van der Waals surface area contributed by atoms with Crippen LogP contribution in [0, 0.1) is 0 Å².